The highest BCUT2D eigenvalue weighted by atomic mass is 16.2. The van der Waals surface area contributed by atoms with E-state index < -0.39 is 0 Å². The van der Waals surface area contributed by atoms with E-state index in [0.29, 0.717) is 11.4 Å². The lowest BCUT2D eigenvalue weighted by molar-refractivity contribution is -0.133. The van der Waals surface area contributed by atoms with Crippen LogP contribution in [-0.2, 0) is 4.79 Å². The summed E-state index contributed by atoms with van der Waals surface area (Å²) >= 11 is 0. The van der Waals surface area contributed by atoms with Crippen LogP contribution in [0.5, 0.6) is 0 Å². The van der Waals surface area contributed by atoms with Gasteiger partial charge in [0.15, 0.2) is 0 Å². The molecule has 1 aromatic carbocycles. The number of nitrogens with zero attached hydrogens (tertiary/aromatic N) is 5. The second-order valence-corrected chi connectivity index (χ2v) is 9.55. The van der Waals surface area contributed by atoms with Gasteiger partial charge in [0.2, 0.25) is 5.91 Å². The molecular weight excluding hydrogens is 390 g/mol. The molecule has 1 atom stereocenters. The Bertz CT molecular complexity index is 1020. The number of aromatic nitrogens is 2. The summed E-state index contributed by atoms with van der Waals surface area (Å²) in [5.41, 5.74) is 1.97. The molecule has 1 aliphatic carbocycles. The monoisotopic (exact) mass is 423 g/mol. The summed E-state index contributed by atoms with van der Waals surface area (Å²) in [4.78, 5) is 37.0. The Hall–Kier alpha value is -2.41. The molecule has 1 unspecified atom stereocenters. The van der Waals surface area contributed by atoms with E-state index in [1.165, 1.54) is 12.8 Å². The van der Waals surface area contributed by atoms with E-state index in [1.807, 2.05) is 21.6 Å². The number of carbonyl (C=O) groups excluding carboxylic acids is 1. The standard InChI is InChI=1S/C24H33N5O2/c1-17(2)28-10-9-22(24(28)31)27-13-11-26(12-14-27)19-7-8-20-21(15-19)25-16-29(23(20)30)18-5-3-4-6-18/h7-8,15-18,22H,3-6,9-14H2,1-2H3. The Labute approximate surface area is 183 Å². The lowest BCUT2D eigenvalue weighted by Gasteiger charge is -2.38. The Morgan fingerprint density at radius 2 is 1.71 bits per heavy atom. The highest BCUT2D eigenvalue weighted by molar-refractivity contribution is 5.84. The smallest absolute Gasteiger partial charge is 0.261 e. The van der Waals surface area contributed by atoms with Crippen molar-refractivity contribution in [2.24, 2.45) is 0 Å². The quantitative estimate of drug-likeness (QED) is 0.757. The lowest BCUT2D eigenvalue weighted by Crippen LogP contribution is -2.53. The van der Waals surface area contributed by atoms with Gasteiger partial charge in [0, 0.05) is 50.5 Å². The van der Waals surface area contributed by atoms with Crippen LogP contribution in [0.25, 0.3) is 10.9 Å². The summed E-state index contributed by atoms with van der Waals surface area (Å²) in [5.74, 6) is 0.289. The molecule has 0 radical (unpaired) electrons. The first-order chi connectivity index (χ1) is 15.0. The van der Waals surface area contributed by atoms with Gasteiger partial charge in [-0.3, -0.25) is 19.1 Å². The molecule has 1 aromatic heterocycles. The number of hydrogen-bond acceptors (Lipinski definition) is 5. The fraction of sp³-hybridized carbons (Fsp3) is 0.625. The molecule has 2 aliphatic heterocycles. The summed E-state index contributed by atoms with van der Waals surface area (Å²) in [7, 11) is 0. The molecule has 2 aromatic rings. The first-order valence-electron chi connectivity index (χ1n) is 11.8. The van der Waals surface area contributed by atoms with Gasteiger partial charge >= 0.3 is 0 Å². The molecule has 31 heavy (non-hydrogen) atoms. The zero-order chi connectivity index (χ0) is 21.5. The van der Waals surface area contributed by atoms with E-state index in [2.05, 4.69) is 34.7 Å². The van der Waals surface area contributed by atoms with Gasteiger partial charge in [0.05, 0.1) is 23.3 Å². The minimum absolute atomic E-state index is 0.0388. The van der Waals surface area contributed by atoms with Gasteiger partial charge in [-0.2, -0.15) is 0 Å². The molecule has 7 nitrogen and oxygen atoms in total. The van der Waals surface area contributed by atoms with Gasteiger partial charge in [0.25, 0.3) is 5.56 Å². The number of likely N-dealkylation sites (tertiary alicyclic amines) is 1. The number of fused-ring (bicyclic) bond motifs is 1. The van der Waals surface area contributed by atoms with Gasteiger partial charge in [0.1, 0.15) is 0 Å². The van der Waals surface area contributed by atoms with Crippen LogP contribution in [0.1, 0.15) is 52.0 Å². The van der Waals surface area contributed by atoms with Crippen LogP contribution in [0.3, 0.4) is 0 Å². The van der Waals surface area contributed by atoms with Crippen molar-refractivity contribution in [1.29, 1.82) is 0 Å². The van der Waals surface area contributed by atoms with Crippen molar-refractivity contribution >= 4 is 22.5 Å². The highest BCUT2D eigenvalue weighted by Crippen LogP contribution is 2.29. The Balaban J connectivity index is 1.28. The second-order valence-electron chi connectivity index (χ2n) is 9.55. The summed E-state index contributed by atoms with van der Waals surface area (Å²) < 4.78 is 1.84. The minimum Gasteiger partial charge on any atom is -0.369 e. The molecule has 2 saturated heterocycles. The van der Waals surface area contributed by atoms with E-state index in [1.54, 1.807) is 6.33 Å². The first kappa shape index (κ1) is 20.5. The molecule has 1 saturated carbocycles. The van der Waals surface area contributed by atoms with Gasteiger partial charge in [-0.05, 0) is 51.3 Å². The topological polar surface area (TPSA) is 61.7 Å². The molecule has 1 amide bonds. The predicted molar refractivity (Wildman–Crippen MR) is 123 cm³/mol. The second kappa shape index (κ2) is 8.26. The van der Waals surface area contributed by atoms with Crippen molar-refractivity contribution in [1.82, 2.24) is 19.4 Å². The van der Waals surface area contributed by atoms with Crippen LogP contribution in [0.15, 0.2) is 29.3 Å². The summed E-state index contributed by atoms with van der Waals surface area (Å²) in [6.45, 7) is 8.60. The third-order valence-corrected chi connectivity index (χ3v) is 7.44. The average molecular weight is 424 g/mol. The molecule has 5 rings (SSSR count). The Morgan fingerprint density at radius 3 is 2.39 bits per heavy atom. The van der Waals surface area contributed by atoms with Gasteiger partial charge in [-0.25, -0.2) is 4.98 Å². The lowest BCUT2D eigenvalue weighted by atomic mass is 10.1. The van der Waals surface area contributed by atoms with Crippen molar-refractivity contribution < 1.29 is 4.79 Å². The van der Waals surface area contributed by atoms with Gasteiger partial charge in [-0.1, -0.05) is 12.8 Å². The molecule has 0 bridgehead atoms. The van der Waals surface area contributed by atoms with Gasteiger partial charge in [-0.15, -0.1) is 0 Å². The van der Waals surface area contributed by atoms with E-state index >= 15 is 0 Å². The van der Waals surface area contributed by atoms with E-state index in [9.17, 15) is 9.59 Å². The number of hydrogen-bond donors (Lipinski definition) is 0. The van der Waals surface area contributed by atoms with Crippen molar-refractivity contribution in [2.45, 2.75) is 64.1 Å². The molecule has 0 N–H and O–H groups in total. The van der Waals surface area contributed by atoms with Crippen molar-refractivity contribution in [3.63, 3.8) is 0 Å². The maximum Gasteiger partial charge on any atom is 0.261 e. The number of anilines is 1. The number of piperazine rings is 1. The maximum atomic E-state index is 13.0. The Kier molecular flexibility index (Phi) is 5.46. The average Bonchev–Trinajstić information content (AvgIpc) is 3.44. The fourth-order valence-electron chi connectivity index (χ4n) is 5.59. The van der Waals surface area contributed by atoms with Crippen LogP contribution in [0, 0.1) is 0 Å². The minimum atomic E-state index is 0.0388. The summed E-state index contributed by atoms with van der Waals surface area (Å²) in [5, 5.41) is 0.710. The molecule has 3 fully saturated rings. The predicted octanol–water partition coefficient (Wildman–Crippen LogP) is 2.64. The Morgan fingerprint density at radius 1 is 0.968 bits per heavy atom. The zero-order valence-corrected chi connectivity index (χ0v) is 18.7. The molecule has 3 aliphatic rings. The molecule has 3 heterocycles. The third kappa shape index (κ3) is 3.73. The molecular formula is C24H33N5O2. The zero-order valence-electron chi connectivity index (χ0n) is 18.7. The van der Waals surface area contributed by atoms with Crippen molar-refractivity contribution in [3.8, 4) is 0 Å². The van der Waals surface area contributed by atoms with Gasteiger partial charge < -0.3 is 9.80 Å². The SMILES string of the molecule is CC(C)N1CCC(N2CCN(c3ccc4c(=O)n(C5CCCC5)cnc4c3)CC2)C1=O. The van der Waals surface area contributed by atoms with Crippen LogP contribution in [0.4, 0.5) is 5.69 Å². The number of benzene rings is 1. The van der Waals surface area contributed by atoms with Crippen molar-refractivity contribution in [2.75, 3.05) is 37.6 Å². The third-order valence-electron chi connectivity index (χ3n) is 7.44. The van der Waals surface area contributed by atoms with Crippen LogP contribution in [0.2, 0.25) is 0 Å². The maximum absolute atomic E-state index is 13.0. The van der Waals surface area contributed by atoms with E-state index in [-0.39, 0.29) is 23.6 Å². The summed E-state index contributed by atoms with van der Waals surface area (Å²) in [6.07, 6.45) is 7.23. The largest absolute Gasteiger partial charge is 0.369 e. The molecule has 166 valence electrons. The van der Waals surface area contributed by atoms with E-state index in [0.717, 1.165) is 63.2 Å². The van der Waals surface area contributed by atoms with Crippen molar-refractivity contribution in [3.05, 3.63) is 34.9 Å². The normalized spacial score (nSPS) is 23.6. The van der Waals surface area contributed by atoms with Crippen LogP contribution >= 0.6 is 0 Å². The first-order valence-corrected chi connectivity index (χ1v) is 11.8. The molecule has 0 spiro atoms. The summed E-state index contributed by atoms with van der Waals surface area (Å²) in [6, 6.07) is 6.67. The van der Waals surface area contributed by atoms with Crippen LogP contribution in [-0.4, -0.2) is 70.1 Å². The van der Waals surface area contributed by atoms with Crippen LogP contribution < -0.4 is 10.5 Å². The van der Waals surface area contributed by atoms with E-state index in [4.69, 9.17) is 0 Å². The number of rotatable bonds is 4. The molecule has 7 heteroatoms. The number of amides is 1. The number of carbonyl (C=O) groups is 1. The fourth-order valence-corrected chi connectivity index (χ4v) is 5.59. The highest BCUT2D eigenvalue weighted by Gasteiger charge is 2.38.